The Morgan fingerprint density at radius 1 is 1.36 bits per heavy atom. The molecule has 2 amide bonds. The van der Waals surface area contributed by atoms with E-state index in [4.69, 9.17) is 5.73 Å². The van der Waals surface area contributed by atoms with Crippen molar-refractivity contribution >= 4 is 11.8 Å². The van der Waals surface area contributed by atoms with E-state index in [1.165, 1.54) is 5.56 Å². The van der Waals surface area contributed by atoms with E-state index >= 15 is 0 Å². The molecule has 1 aliphatic rings. The third-order valence-electron chi connectivity index (χ3n) is 4.73. The van der Waals surface area contributed by atoms with Gasteiger partial charge in [-0.25, -0.2) is 0 Å². The number of nitrogens with two attached hydrogens (primary N) is 1. The van der Waals surface area contributed by atoms with Crippen molar-refractivity contribution in [1.82, 2.24) is 15.5 Å². The number of nitrogens with one attached hydrogen (secondary N) is 2. The molecule has 2 rings (SSSR count). The second kappa shape index (κ2) is 9.53. The Morgan fingerprint density at radius 2 is 2.12 bits per heavy atom. The topological polar surface area (TPSA) is 87.5 Å². The molecule has 1 aromatic rings. The van der Waals surface area contributed by atoms with Crippen LogP contribution in [0, 0.1) is 11.8 Å². The molecule has 1 aliphatic heterocycles. The number of rotatable bonds is 8. The Labute approximate surface area is 150 Å². The van der Waals surface area contributed by atoms with Crippen molar-refractivity contribution in [3.8, 4) is 0 Å². The highest BCUT2D eigenvalue weighted by Crippen LogP contribution is 2.18. The summed E-state index contributed by atoms with van der Waals surface area (Å²) < 4.78 is 0. The summed E-state index contributed by atoms with van der Waals surface area (Å²) in [6.07, 6.45) is 1.90. The van der Waals surface area contributed by atoms with Gasteiger partial charge in [-0.1, -0.05) is 31.2 Å². The lowest BCUT2D eigenvalue weighted by molar-refractivity contribution is -0.124. The van der Waals surface area contributed by atoms with Crippen LogP contribution in [0.1, 0.15) is 30.9 Å². The summed E-state index contributed by atoms with van der Waals surface area (Å²) in [5.41, 5.74) is 7.73. The molecule has 4 N–H and O–H groups in total. The SMILES string of the molecule is CNCC(C)C(=O)NCc1cccc(CN2CCCC(C(N)=O)C2)c1. The number of hydrogen-bond acceptors (Lipinski definition) is 4. The minimum absolute atomic E-state index is 0.0371. The minimum Gasteiger partial charge on any atom is -0.369 e. The average Bonchev–Trinajstić information content (AvgIpc) is 2.60. The first-order valence-electron chi connectivity index (χ1n) is 9.01. The first-order chi connectivity index (χ1) is 12.0. The molecule has 0 aromatic heterocycles. The van der Waals surface area contributed by atoms with Gasteiger partial charge in [-0.3, -0.25) is 14.5 Å². The van der Waals surface area contributed by atoms with E-state index in [2.05, 4.69) is 27.7 Å². The van der Waals surface area contributed by atoms with Crippen LogP contribution in [0.15, 0.2) is 24.3 Å². The van der Waals surface area contributed by atoms with Gasteiger partial charge in [0.2, 0.25) is 11.8 Å². The van der Waals surface area contributed by atoms with Gasteiger partial charge in [-0.05, 0) is 37.6 Å². The zero-order valence-corrected chi connectivity index (χ0v) is 15.3. The van der Waals surface area contributed by atoms with E-state index in [9.17, 15) is 9.59 Å². The van der Waals surface area contributed by atoms with Crippen LogP contribution < -0.4 is 16.4 Å². The fraction of sp³-hybridized carbons (Fsp3) is 0.579. The molecule has 0 bridgehead atoms. The zero-order valence-electron chi connectivity index (χ0n) is 15.3. The van der Waals surface area contributed by atoms with Gasteiger partial charge in [-0.15, -0.1) is 0 Å². The Morgan fingerprint density at radius 3 is 2.84 bits per heavy atom. The molecule has 1 aromatic carbocycles. The van der Waals surface area contributed by atoms with Crippen molar-refractivity contribution < 1.29 is 9.59 Å². The Bertz CT molecular complexity index is 591. The summed E-state index contributed by atoms with van der Waals surface area (Å²) in [4.78, 5) is 25.7. The van der Waals surface area contributed by atoms with E-state index in [0.717, 1.165) is 38.0 Å². The summed E-state index contributed by atoms with van der Waals surface area (Å²) in [6, 6.07) is 8.25. The van der Waals surface area contributed by atoms with Crippen LogP contribution in [-0.2, 0) is 22.7 Å². The quantitative estimate of drug-likeness (QED) is 0.651. The second-order valence-corrected chi connectivity index (χ2v) is 6.97. The third kappa shape index (κ3) is 6.14. The Balaban J connectivity index is 1.88. The summed E-state index contributed by atoms with van der Waals surface area (Å²) >= 11 is 0. The monoisotopic (exact) mass is 346 g/mol. The molecule has 1 heterocycles. The molecule has 2 atom stereocenters. The van der Waals surface area contributed by atoms with E-state index in [-0.39, 0.29) is 23.7 Å². The number of benzene rings is 1. The average molecular weight is 346 g/mol. The molecule has 1 fully saturated rings. The highest BCUT2D eigenvalue weighted by Gasteiger charge is 2.23. The highest BCUT2D eigenvalue weighted by atomic mass is 16.2. The number of piperidine rings is 1. The molecule has 0 aliphatic carbocycles. The Kier molecular flexibility index (Phi) is 7.40. The maximum absolute atomic E-state index is 12.0. The van der Waals surface area contributed by atoms with Crippen LogP contribution in [0.4, 0.5) is 0 Å². The molecule has 0 saturated carbocycles. The Hall–Kier alpha value is -1.92. The third-order valence-corrected chi connectivity index (χ3v) is 4.73. The first kappa shape index (κ1) is 19.4. The molecular weight excluding hydrogens is 316 g/mol. The van der Waals surface area contributed by atoms with Gasteiger partial charge in [0.15, 0.2) is 0 Å². The lowest BCUT2D eigenvalue weighted by Crippen LogP contribution is -2.40. The largest absolute Gasteiger partial charge is 0.369 e. The van der Waals surface area contributed by atoms with Gasteiger partial charge in [0.25, 0.3) is 0 Å². The van der Waals surface area contributed by atoms with Crippen molar-refractivity contribution in [2.75, 3.05) is 26.7 Å². The second-order valence-electron chi connectivity index (χ2n) is 6.97. The number of carbonyl (C=O) groups is 2. The number of primary amides is 1. The molecule has 6 nitrogen and oxygen atoms in total. The van der Waals surface area contributed by atoms with E-state index in [1.54, 1.807) is 0 Å². The van der Waals surface area contributed by atoms with Gasteiger partial charge in [0, 0.05) is 32.1 Å². The minimum atomic E-state index is -0.197. The zero-order chi connectivity index (χ0) is 18.2. The highest BCUT2D eigenvalue weighted by molar-refractivity contribution is 5.78. The van der Waals surface area contributed by atoms with E-state index in [0.29, 0.717) is 13.1 Å². The van der Waals surface area contributed by atoms with Gasteiger partial charge in [0.1, 0.15) is 0 Å². The molecule has 6 heteroatoms. The van der Waals surface area contributed by atoms with Crippen LogP contribution >= 0.6 is 0 Å². The summed E-state index contributed by atoms with van der Waals surface area (Å²) in [7, 11) is 1.84. The lowest BCUT2D eigenvalue weighted by atomic mass is 9.97. The fourth-order valence-corrected chi connectivity index (χ4v) is 3.29. The maximum atomic E-state index is 12.0. The van der Waals surface area contributed by atoms with Crippen molar-refractivity contribution in [1.29, 1.82) is 0 Å². The van der Waals surface area contributed by atoms with Gasteiger partial charge in [0.05, 0.1) is 5.92 Å². The summed E-state index contributed by atoms with van der Waals surface area (Å²) in [5.74, 6) is -0.228. The fourth-order valence-electron chi connectivity index (χ4n) is 3.29. The first-order valence-corrected chi connectivity index (χ1v) is 9.01. The number of carbonyl (C=O) groups excluding carboxylic acids is 2. The summed E-state index contributed by atoms with van der Waals surface area (Å²) in [6.45, 7) is 5.64. The van der Waals surface area contributed by atoms with Crippen LogP contribution in [0.25, 0.3) is 0 Å². The van der Waals surface area contributed by atoms with E-state index < -0.39 is 0 Å². The summed E-state index contributed by atoms with van der Waals surface area (Å²) in [5, 5.41) is 6.00. The molecule has 0 spiro atoms. The molecule has 25 heavy (non-hydrogen) atoms. The molecule has 1 saturated heterocycles. The molecule has 138 valence electrons. The van der Waals surface area contributed by atoms with Crippen LogP contribution in [0.5, 0.6) is 0 Å². The molecule has 0 radical (unpaired) electrons. The van der Waals surface area contributed by atoms with Gasteiger partial charge in [-0.2, -0.15) is 0 Å². The number of amides is 2. The lowest BCUT2D eigenvalue weighted by Gasteiger charge is -2.31. The molecule has 2 unspecified atom stereocenters. The van der Waals surface area contributed by atoms with Gasteiger partial charge >= 0.3 is 0 Å². The predicted octanol–water partition coefficient (Wildman–Crippen LogP) is 0.856. The van der Waals surface area contributed by atoms with Crippen molar-refractivity contribution in [2.45, 2.75) is 32.9 Å². The maximum Gasteiger partial charge on any atom is 0.224 e. The van der Waals surface area contributed by atoms with Crippen molar-refractivity contribution in [3.63, 3.8) is 0 Å². The number of hydrogen-bond donors (Lipinski definition) is 3. The molecular formula is C19H30N4O2. The van der Waals surface area contributed by atoms with Gasteiger partial charge < -0.3 is 16.4 Å². The predicted molar refractivity (Wildman–Crippen MR) is 98.6 cm³/mol. The van der Waals surface area contributed by atoms with Crippen molar-refractivity contribution in [3.05, 3.63) is 35.4 Å². The van der Waals surface area contributed by atoms with Crippen molar-refractivity contribution in [2.24, 2.45) is 17.6 Å². The van der Waals surface area contributed by atoms with Crippen LogP contribution in [-0.4, -0.2) is 43.4 Å². The number of likely N-dealkylation sites (tertiary alicyclic amines) is 1. The number of nitrogens with zero attached hydrogens (tertiary/aromatic N) is 1. The standard InChI is InChI=1S/C19H30N4O2/c1-14(10-21-2)19(25)22-11-15-5-3-6-16(9-15)12-23-8-4-7-17(13-23)18(20)24/h3,5-6,9,14,17,21H,4,7-8,10-13H2,1-2H3,(H2,20,24)(H,22,25). The van der Waals surface area contributed by atoms with E-state index in [1.807, 2.05) is 26.1 Å². The van der Waals surface area contributed by atoms with Crippen LogP contribution in [0.2, 0.25) is 0 Å². The normalized spacial score (nSPS) is 19.4. The van der Waals surface area contributed by atoms with Crippen LogP contribution in [0.3, 0.4) is 0 Å². The smallest absolute Gasteiger partial charge is 0.224 e.